The minimum atomic E-state index is -1.06. The summed E-state index contributed by atoms with van der Waals surface area (Å²) in [6.07, 6.45) is 1.37. The summed E-state index contributed by atoms with van der Waals surface area (Å²) in [5.41, 5.74) is 11.1. The number of benzene rings is 1. The van der Waals surface area contributed by atoms with Crippen LogP contribution in [0.5, 0.6) is 0 Å². The van der Waals surface area contributed by atoms with Gasteiger partial charge in [-0.3, -0.25) is 4.79 Å². The summed E-state index contributed by atoms with van der Waals surface area (Å²) >= 11 is 3.37. The van der Waals surface area contributed by atoms with Gasteiger partial charge in [0, 0.05) is 23.6 Å². The number of carbonyl (C=O) groups excluding carboxylic acids is 2. The highest BCUT2D eigenvalue weighted by atomic mass is 79.9. The van der Waals surface area contributed by atoms with E-state index < -0.39 is 11.6 Å². The molecule has 1 aliphatic heterocycles. The van der Waals surface area contributed by atoms with Crippen LogP contribution < -0.4 is 16.8 Å². The fourth-order valence-corrected chi connectivity index (χ4v) is 2.94. The van der Waals surface area contributed by atoms with Crippen molar-refractivity contribution in [3.05, 3.63) is 34.3 Å². The van der Waals surface area contributed by atoms with Crippen molar-refractivity contribution in [2.45, 2.75) is 31.3 Å². The second-order valence-electron chi connectivity index (χ2n) is 5.78. The van der Waals surface area contributed by atoms with E-state index in [1.807, 2.05) is 24.3 Å². The number of nitrogens with two attached hydrogens (primary N) is 2. The Morgan fingerprint density at radius 3 is 2.32 bits per heavy atom. The molecule has 1 atom stereocenters. The molecule has 0 saturated carbocycles. The Balaban J connectivity index is 2.02. The first-order chi connectivity index (χ1) is 10.3. The van der Waals surface area contributed by atoms with Crippen molar-refractivity contribution in [2.24, 2.45) is 11.5 Å². The van der Waals surface area contributed by atoms with Gasteiger partial charge in [-0.1, -0.05) is 28.1 Å². The number of nitrogens with one attached hydrogen (secondary N) is 1. The molecule has 0 bridgehead atoms. The Kier molecular flexibility index (Phi) is 5.08. The standard InChI is InChI=1S/C15H21BrN4O2/c1-15(18,10-2-4-11(16)5-3-10)13(21)20-8-6-12(7-9-20)19-14(17)22/h2-5,12H,6-9,18H2,1H3,(H3,17,19,22). The van der Waals surface area contributed by atoms with E-state index in [4.69, 9.17) is 11.5 Å². The highest BCUT2D eigenvalue weighted by Gasteiger charge is 2.36. The molecule has 120 valence electrons. The van der Waals surface area contributed by atoms with E-state index in [0.29, 0.717) is 25.9 Å². The average molecular weight is 369 g/mol. The van der Waals surface area contributed by atoms with Crippen LogP contribution >= 0.6 is 15.9 Å². The van der Waals surface area contributed by atoms with Gasteiger partial charge in [0.2, 0.25) is 5.91 Å². The van der Waals surface area contributed by atoms with Crippen LogP contribution in [0.3, 0.4) is 0 Å². The number of primary amides is 1. The number of amides is 3. The first kappa shape index (κ1) is 16.8. The van der Waals surface area contributed by atoms with Crippen molar-refractivity contribution in [3.63, 3.8) is 0 Å². The molecular weight excluding hydrogens is 348 g/mol. The van der Waals surface area contributed by atoms with Crippen molar-refractivity contribution in [2.75, 3.05) is 13.1 Å². The zero-order valence-corrected chi connectivity index (χ0v) is 14.1. The zero-order valence-electron chi connectivity index (χ0n) is 12.5. The number of carbonyl (C=O) groups is 2. The Bertz CT molecular complexity index is 551. The third-order valence-corrected chi connectivity index (χ3v) is 4.55. The number of hydrogen-bond donors (Lipinski definition) is 3. The third kappa shape index (κ3) is 3.78. The van der Waals surface area contributed by atoms with E-state index in [2.05, 4.69) is 21.2 Å². The molecule has 0 radical (unpaired) electrons. The Morgan fingerprint density at radius 2 is 1.82 bits per heavy atom. The van der Waals surface area contributed by atoms with Crippen LogP contribution in [-0.4, -0.2) is 36.0 Å². The molecule has 0 spiro atoms. The average Bonchev–Trinajstić information content (AvgIpc) is 2.47. The number of hydrogen-bond acceptors (Lipinski definition) is 3. The highest BCUT2D eigenvalue weighted by Crippen LogP contribution is 2.24. The number of likely N-dealkylation sites (tertiary alicyclic amines) is 1. The lowest BCUT2D eigenvalue weighted by atomic mass is 9.90. The molecule has 1 aliphatic rings. The Morgan fingerprint density at radius 1 is 1.27 bits per heavy atom. The molecule has 1 fully saturated rings. The van der Waals surface area contributed by atoms with Gasteiger partial charge in [0.25, 0.3) is 0 Å². The van der Waals surface area contributed by atoms with Gasteiger partial charge in [-0.05, 0) is 37.5 Å². The van der Waals surface area contributed by atoms with Gasteiger partial charge in [-0.2, -0.15) is 0 Å². The second-order valence-corrected chi connectivity index (χ2v) is 6.70. The molecule has 7 heteroatoms. The second kappa shape index (κ2) is 6.66. The SMILES string of the molecule is CC(N)(C(=O)N1CCC(NC(N)=O)CC1)c1ccc(Br)cc1. The van der Waals surface area contributed by atoms with Crippen molar-refractivity contribution in [1.29, 1.82) is 0 Å². The van der Waals surface area contributed by atoms with Crippen LogP contribution in [0.25, 0.3) is 0 Å². The molecule has 1 aromatic rings. The van der Waals surface area contributed by atoms with E-state index in [1.54, 1.807) is 11.8 Å². The van der Waals surface area contributed by atoms with Crippen LogP contribution in [0.2, 0.25) is 0 Å². The molecule has 2 rings (SSSR count). The predicted molar refractivity (Wildman–Crippen MR) is 88.0 cm³/mol. The normalized spacial score (nSPS) is 18.6. The fourth-order valence-electron chi connectivity index (χ4n) is 2.68. The minimum Gasteiger partial charge on any atom is -0.352 e. The topological polar surface area (TPSA) is 101 Å². The number of halogens is 1. The molecule has 0 aromatic heterocycles. The summed E-state index contributed by atoms with van der Waals surface area (Å²) in [5.74, 6) is -0.104. The van der Waals surface area contributed by atoms with E-state index in [9.17, 15) is 9.59 Å². The number of nitrogens with zero attached hydrogens (tertiary/aromatic N) is 1. The van der Waals surface area contributed by atoms with Crippen LogP contribution in [0.15, 0.2) is 28.7 Å². The van der Waals surface area contributed by atoms with Gasteiger partial charge in [0.15, 0.2) is 0 Å². The maximum absolute atomic E-state index is 12.7. The van der Waals surface area contributed by atoms with E-state index in [-0.39, 0.29) is 11.9 Å². The van der Waals surface area contributed by atoms with Gasteiger partial charge in [0.1, 0.15) is 5.54 Å². The monoisotopic (exact) mass is 368 g/mol. The molecular formula is C15H21BrN4O2. The number of urea groups is 1. The molecule has 1 aromatic carbocycles. The number of rotatable bonds is 3. The van der Waals surface area contributed by atoms with Crippen LogP contribution in [0.4, 0.5) is 4.79 Å². The fraction of sp³-hybridized carbons (Fsp3) is 0.467. The summed E-state index contributed by atoms with van der Waals surface area (Å²) in [5, 5.41) is 2.68. The molecule has 22 heavy (non-hydrogen) atoms. The van der Waals surface area contributed by atoms with E-state index in [0.717, 1.165) is 10.0 Å². The van der Waals surface area contributed by atoms with Crippen molar-refractivity contribution >= 4 is 27.9 Å². The van der Waals surface area contributed by atoms with Crippen LogP contribution in [-0.2, 0) is 10.3 Å². The van der Waals surface area contributed by atoms with Gasteiger partial charge in [0.05, 0.1) is 0 Å². The smallest absolute Gasteiger partial charge is 0.312 e. The largest absolute Gasteiger partial charge is 0.352 e. The molecule has 5 N–H and O–H groups in total. The van der Waals surface area contributed by atoms with Crippen LogP contribution in [0, 0.1) is 0 Å². The lowest BCUT2D eigenvalue weighted by Gasteiger charge is -2.37. The first-order valence-corrected chi connectivity index (χ1v) is 8.00. The van der Waals surface area contributed by atoms with Gasteiger partial charge < -0.3 is 21.7 Å². The molecule has 6 nitrogen and oxygen atoms in total. The predicted octanol–water partition coefficient (Wildman–Crippen LogP) is 1.28. The lowest BCUT2D eigenvalue weighted by molar-refractivity contribution is -0.137. The quantitative estimate of drug-likeness (QED) is 0.748. The van der Waals surface area contributed by atoms with E-state index >= 15 is 0 Å². The van der Waals surface area contributed by atoms with Crippen molar-refractivity contribution < 1.29 is 9.59 Å². The van der Waals surface area contributed by atoms with Gasteiger partial charge in [-0.15, -0.1) is 0 Å². The van der Waals surface area contributed by atoms with Crippen LogP contribution in [0.1, 0.15) is 25.3 Å². The highest BCUT2D eigenvalue weighted by molar-refractivity contribution is 9.10. The van der Waals surface area contributed by atoms with Crippen molar-refractivity contribution in [1.82, 2.24) is 10.2 Å². The first-order valence-electron chi connectivity index (χ1n) is 7.21. The summed E-state index contributed by atoms with van der Waals surface area (Å²) in [6, 6.07) is 6.95. The maximum Gasteiger partial charge on any atom is 0.312 e. The molecule has 1 heterocycles. The van der Waals surface area contributed by atoms with E-state index in [1.165, 1.54) is 0 Å². The summed E-state index contributed by atoms with van der Waals surface area (Å²) in [7, 11) is 0. The Hall–Kier alpha value is -1.60. The maximum atomic E-state index is 12.7. The molecule has 0 aliphatic carbocycles. The summed E-state index contributed by atoms with van der Waals surface area (Å²) in [4.78, 5) is 25.3. The minimum absolute atomic E-state index is 0.0262. The Labute approximate surface area is 138 Å². The molecule has 3 amide bonds. The zero-order chi connectivity index (χ0) is 16.3. The van der Waals surface area contributed by atoms with Gasteiger partial charge >= 0.3 is 6.03 Å². The third-order valence-electron chi connectivity index (χ3n) is 4.02. The summed E-state index contributed by atoms with van der Waals surface area (Å²) < 4.78 is 0.942. The number of piperidine rings is 1. The molecule has 1 unspecified atom stereocenters. The summed E-state index contributed by atoms with van der Waals surface area (Å²) in [6.45, 7) is 2.85. The molecule has 1 saturated heterocycles. The van der Waals surface area contributed by atoms with Gasteiger partial charge in [-0.25, -0.2) is 4.79 Å². The lowest BCUT2D eigenvalue weighted by Crippen LogP contribution is -2.55. The van der Waals surface area contributed by atoms with Crippen molar-refractivity contribution in [3.8, 4) is 0 Å².